The van der Waals surface area contributed by atoms with Crippen LogP contribution in [0.5, 0.6) is 17.2 Å². The van der Waals surface area contributed by atoms with E-state index in [0.717, 1.165) is 12.0 Å². The number of benzene rings is 1. The number of nitrogens with zero attached hydrogens (tertiary/aromatic N) is 1. The molecule has 1 fully saturated rings. The SMILES string of the molecule is CCCN=C1NC(=O)C(c2cc(OC)c3c(c2)OCO3)N1. The lowest BCUT2D eigenvalue weighted by Crippen LogP contribution is -2.25. The second kappa shape index (κ2) is 5.51. The van der Waals surface area contributed by atoms with Crippen LogP contribution in [0, 0.1) is 0 Å². The lowest BCUT2D eigenvalue weighted by molar-refractivity contribution is -0.120. The van der Waals surface area contributed by atoms with Crippen LogP contribution < -0.4 is 24.8 Å². The number of carbonyl (C=O) groups is 1. The number of aliphatic imine (C=N–C) groups is 1. The molecule has 0 radical (unpaired) electrons. The molecule has 1 unspecified atom stereocenters. The van der Waals surface area contributed by atoms with E-state index in [-0.39, 0.29) is 12.7 Å². The second-order valence-corrected chi connectivity index (χ2v) is 4.75. The first-order valence-electron chi connectivity index (χ1n) is 6.82. The van der Waals surface area contributed by atoms with Crippen molar-refractivity contribution in [2.24, 2.45) is 4.99 Å². The van der Waals surface area contributed by atoms with Gasteiger partial charge in [0, 0.05) is 6.54 Å². The monoisotopic (exact) mass is 291 g/mol. The lowest BCUT2D eigenvalue weighted by Gasteiger charge is -2.12. The number of amides is 1. The standard InChI is InChI=1S/C14H17N3O4/c1-3-4-15-14-16-11(13(18)17-14)8-5-9(19-2)12-10(6-8)20-7-21-12/h5-6,11H,3-4,7H2,1-2H3,(H2,15,16,17,18). The molecule has 112 valence electrons. The van der Waals surface area contributed by atoms with Crippen molar-refractivity contribution in [2.45, 2.75) is 19.4 Å². The number of fused-ring (bicyclic) bond motifs is 1. The average molecular weight is 291 g/mol. The molecule has 2 N–H and O–H groups in total. The zero-order valence-corrected chi connectivity index (χ0v) is 11.9. The van der Waals surface area contributed by atoms with Gasteiger partial charge in [-0.3, -0.25) is 15.1 Å². The zero-order valence-electron chi connectivity index (χ0n) is 11.9. The number of guanidine groups is 1. The Bertz CT molecular complexity index is 600. The van der Waals surface area contributed by atoms with Gasteiger partial charge in [-0.2, -0.15) is 0 Å². The van der Waals surface area contributed by atoms with Gasteiger partial charge in [-0.05, 0) is 24.1 Å². The Morgan fingerprint density at radius 1 is 1.43 bits per heavy atom. The maximum Gasteiger partial charge on any atom is 0.253 e. The molecular weight excluding hydrogens is 274 g/mol. The topological polar surface area (TPSA) is 81.2 Å². The molecule has 2 aliphatic heterocycles. The minimum absolute atomic E-state index is 0.147. The molecule has 1 atom stereocenters. The zero-order chi connectivity index (χ0) is 14.8. The molecule has 7 heteroatoms. The first-order chi connectivity index (χ1) is 10.2. The van der Waals surface area contributed by atoms with E-state index in [4.69, 9.17) is 14.2 Å². The summed E-state index contributed by atoms with van der Waals surface area (Å²) >= 11 is 0. The van der Waals surface area contributed by atoms with Gasteiger partial charge >= 0.3 is 0 Å². The maximum absolute atomic E-state index is 12.1. The van der Waals surface area contributed by atoms with Crippen LogP contribution in [0.25, 0.3) is 0 Å². The summed E-state index contributed by atoms with van der Waals surface area (Å²) < 4.78 is 16.0. The van der Waals surface area contributed by atoms with Crippen LogP contribution in [0.4, 0.5) is 0 Å². The molecule has 3 rings (SSSR count). The molecule has 1 saturated heterocycles. The minimum atomic E-state index is -0.510. The van der Waals surface area contributed by atoms with Gasteiger partial charge in [0.05, 0.1) is 7.11 Å². The number of ether oxygens (including phenoxy) is 3. The van der Waals surface area contributed by atoms with Gasteiger partial charge in [0.15, 0.2) is 17.5 Å². The van der Waals surface area contributed by atoms with Crippen LogP contribution in [0.2, 0.25) is 0 Å². The van der Waals surface area contributed by atoms with Gasteiger partial charge in [-0.1, -0.05) is 6.92 Å². The van der Waals surface area contributed by atoms with Gasteiger partial charge < -0.3 is 19.5 Å². The Morgan fingerprint density at radius 3 is 3.05 bits per heavy atom. The summed E-state index contributed by atoms with van der Waals surface area (Å²) in [6.07, 6.45) is 0.920. The molecule has 2 aliphatic rings. The van der Waals surface area contributed by atoms with Crippen molar-refractivity contribution in [2.75, 3.05) is 20.4 Å². The Hall–Kier alpha value is -2.44. The fourth-order valence-corrected chi connectivity index (χ4v) is 2.29. The molecule has 0 aliphatic carbocycles. The Kier molecular flexibility index (Phi) is 3.55. The highest BCUT2D eigenvalue weighted by Crippen LogP contribution is 2.43. The van der Waals surface area contributed by atoms with Gasteiger partial charge in [0.2, 0.25) is 12.5 Å². The van der Waals surface area contributed by atoms with Crippen molar-refractivity contribution < 1.29 is 19.0 Å². The van der Waals surface area contributed by atoms with Crippen molar-refractivity contribution in [3.8, 4) is 17.2 Å². The third kappa shape index (κ3) is 2.46. The fraction of sp³-hybridized carbons (Fsp3) is 0.429. The van der Waals surface area contributed by atoms with E-state index < -0.39 is 6.04 Å². The van der Waals surface area contributed by atoms with E-state index >= 15 is 0 Å². The van der Waals surface area contributed by atoms with E-state index in [1.807, 2.05) is 6.92 Å². The van der Waals surface area contributed by atoms with Crippen molar-refractivity contribution in [1.29, 1.82) is 0 Å². The quantitative estimate of drug-likeness (QED) is 0.863. The predicted molar refractivity (Wildman–Crippen MR) is 75.7 cm³/mol. The van der Waals surface area contributed by atoms with Gasteiger partial charge in [-0.15, -0.1) is 0 Å². The molecule has 1 aromatic carbocycles. The second-order valence-electron chi connectivity index (χ2n) is 4.75. The summed E-state index contributed by atoms with van der Waals surface area (Å²) in [5.41, 5.74) is 0.746. The number of carbonyl (C=O) groups excluding carboxylic acids is 1. The van der Waals surface area contributed by atoms with Crippen molar-refractivity contribution >= 4 is 11.9 Å². The van der Waals surface area contributed by atoms with Crippen LogP contribution >= 0.6 is 0 Å². The lowest BCUT2D eigenvalue weighted by atomic mass is 10.1. The van der Waals surface area contributed by atoms with Crippen molar-refractivity contribution in [1.82, 2.24) is 10.6 Å². The molecular formula is C14H17N3O4. The highest BCUT2D eigenvalue weighted by molar-refractivity contribution is 6.06. The van der Waals surface area contributed by atoms with Gasteiger partial charge in [0.1, 0.15) is 6.04 Å². The molecule has 0 bridgehead atoms. The van der Waals surface area contributed by atoms with E-state index in [0.29, 0.717) is 29.8 Å². The van der Waals surface area contributed by atoms with Crippen LogP contribution in [0.15, 0.2) is 17.1 Å². The molecule has 2 heterocycles. The Morgan fingerprint density at radius 2 is 2.29 bits per heavy atom. The number of methoxy groups -OCH3 is 1. The molecule has 0 aromatic heterocycles. The molecule has 0 saturated carbocycles. The van der Waals surface area contributed by atoms with Crippen LogP contribution in [0.1, 0.15) is 24.9 Å². The summed E-state index contributed by atoms with van der Waals surface area (Å²) in [7, 11) is 1.55. The largest absolute Gasteiger partial charge is 0.493 e. The molecule has 7 nitrogen and oxygen atoms in total. The van der Waals surface area contributed by atoms with E-state index in [1.54, 1.807) is 19.2 Å². The summed E-state index contributed by atoms with van der Waals surface area (Å²) in [5, 5.41) is 5.80. The minimum Gasteiger partial charge on any atom is -0.493 e. The summed E-state index contributed by atoms with van der Waals surface area (Å²) in [6.45, 7) is 2.85. The number of hydrogen-bond acceptors (Lipinski definition) is 5. The number of nitrogens with one attached hydrogen (secondary N) is 2. The van der Waals surface area contributed by atoms with Crippen molar-refractivity contribution in [3.05, 3.63) is 17.7 Å². The van der Waals surface area contributed by atoms with Crippen LogP contribution in [-0.4, -0.2) is 32.3 Å². The predicted octanol–water partition coefficient (Wildman–Crippen LogP) is 0.950. The smallest absolute Gasteiger partial charge is 0.253 e. The molecule has 1 amide bonds. The third-order valence-electron chi connectivity index (χ3n) is 3.29. The van der Waals surface area contributed by atoms with E-state index in [1.165, 1.54) is 0 Å². The van der Waals surface area contributed by atoms with E-state index in [2.05, 4.69) is 15.6 Å². The molecule has 1 aromatic rings. The first kappa shape index (κ1) is 13.5. The van der Waals surface area contributed by atoms with Crippen LogP contribution in [-0.2, 0) is 4.79 Å². The summed E-state index contributed by atoms with van der Waals surface area (Å²) in [5.74, 6) is 2.06. The normalized spacial score (nSPS) is 21.3. The molecule has 21 heavy (non-hydrogen) atoms. The van der Waals surface area contributed by atoms with Crippen molar-refractivity contribution in [3.63, 3.8) is 0 Å². The third-order valence-corrected chi connectivity index (χ3v) is 3.29. The Labute approximate surface area is 122 Å². The average Bonchev–Trinajstić information content (AvgIpc) is 3.10. The fourth-order valence-electron chi connectivity index (χ4n) is 2.29. The van der Waals surface area contributed by atoms with Gasteiger partial charge in [-0.25, -0.2) is 0 Å². The number of rotatable bonds is 4. The Balaban J connectivity index is 1.89. The maximum atomic E-state index is 12.1. The first-order valence-corrected chi connectivity index (χ1v) is 6.82. The van der Waals surface area contributed by atoms with Gasteiger partial charge in [0.25, 0.3) is 5.91 Å². The summed E-state index contributed by atoms with van der Waals surface area (Å²) in [4.78, 5) is 16.4. The highest BCUT2D eigenvalue weighted by Gasteiger charge is 2.32. The molecule has 0 spiro atoms. The van der Waals surface area contributed by atoms with Crippen LogP contribution in [0.3, 0.4) is 0 Å². The number of hydrogen-bond donors (Lipinski definition) is 2. The summed E-state index contributed by atoms with van der Waals surface area (Å²) in [6, 6.07) is 3.04. The highest BCUT2D eigenvalue weighted by atomic mass is 16.7. The van der Waals surface area contributed by atoms with E-state index in [9.17, 15) is 4.79 Å².